The minimum atomic E-state index is -0.465. The Kier molecular flexibility index (Phi) is 3.74. The van der Waals surface area contributed by atoms with Gasteiger partial charge in [-0.15, -0.1) is 0 Å². The maximum absolute atomic E-state index is 12.7. The van der Waals surface area contributed by atoms with E-state index in [1.807, 2.05) is 0 Å². The van der Waals surface area contributed by atoms with Crippen LogP contribution in [-0.2, 0) is 0 Å². The summed E-state index contributed by atoms with van der Waals surface area (Å²) < 4.78 is 12.7. The summed E-state index contributed by atoms with van der Waals surface area (Å²) in [6.45, 7) is 0. The highest BCUT2D eigenvalue weighted by Crippen LogP contribution is 2.18. The zero-order chi connectivity index (χ0) is 12.3. The molecule has 17 heavy (non-hydrogen) atoms. The van der Waals surface area contributed by atoms with Crippen LogP contribution in [0.4, 0.5) is 4.39 Å². The Bertz CT molecular complexity index is 391. The highest BCUT2D eigenvalue weighted by molar-refractivity contribution is 5.94. The summed E-state index contributed by atoms with van der Waals surface area (Å²) >= 11 is 0. The van der Waals surface area contributed by atoms with Crippen LogP contribution in [0.15, 0.2) is 24.3 Å². The fraction of sp³-hybridized carbons (Fsp3) is 0.462. The molecule has 1 saturated carbocycles. The average Bonchev–Trinajstić information content (AvgIpc) is 2.33. The van der Waals surface area contributed by atoms with Gasteiger partial charge in [-0.25, -0.2) is 4.39 Å². The van der Waals surface area contributed by atoms with Crippen LogP contribution in [0.25, 0.3) is 0 Å². The molecule has 1 fully saturated rings. The molecule has 1 aromatic carbocycles. The first-order valence-corrected chi connectivity index (χ1v) is 5.91. The van der Waals surface area contributed by atoms with Crippen LogP contribution in [0.2, 0.25) is 0 Å². The van der Waals surface area contributed by atoms with Crippen LogP contribution in [0.5, 0.6) is 0 Å². The van der Waals surface area contributed by atoms with Gasteiger partial charge in [0.1, 0.15) is 5.82 Å². The van der Waals surface area contributed by atoms with Crippen molar-refractivity contribution < 1.29 is 14.3 Å². The molecule has 0 saturated heterocycles. The van der Waals surface area contributed by atoms with Gasteiger partial charge >= 0.3 is 0 Å². The first-order chi connectivity index (χ1) is 8.16. The molecule has 2 rings (SSSR count). The number of rotatable bonds is 2. The fourth-order valence-corrected chi connectivity index (χ4v) is 2.13. The largest absolute Gasteiger partial charge is 0.391 e. The summed E-state index contributed by atoms with van der Waals surface area (Å²) in [6, 6.07) is 5.22. The Morgan fingerprint density at radius 2 is 1.88 bits per heavy atom. The Balaban J connectivity index is 1.98. The van der Waals surface area contributed by atoms with E-state index in [0.29, 0.717) is 5.56 Å². The molecule has 0 heterocycles. The first-order valence-electron chi connectivity index (χ1n) is 5.91. The lowest BCUT2D eigenvalue weighted by molar-refractivity contribution is 0.0717. The predicted octanol–water partition coefficient (Wildman–Crippen LogP) is 1.86. The average molecular weight is 237 g/mol. The van der Waals surface area contributed by atoms with E-state index in [1.165, 1.54) is 24.3 Å². The molecule has 0 aromatic heterocycles. The molecular weight excluding hydrogens is 221 g/mol. The normalized spacial score (nSPS) is 24.4. The van der Waals surface area contributed by atoms with Crippen LogP contribution < -0.4 is 5.32 Å². The number of aliphatic hydroxyl groups excluding tert-OH is 1. The van der Waals surface area contributed by atoms with Crippen LogP contribution in [0.1, 0.15) is 36.0 Å². The summed E-state index contributed by atoms with van der Waals surface area (Å²) in [4.78, 5) is 11.8. The highest BCUT2D eigenvalue weighted by atomic mass is 19.1. The molecule has 1 aliphatic carbocycles. The summed E-state index contributed by atoms with van der Waals surface area (Å²) in [5, 5.41) is 12.5. The molecule has 0 aliphatic heterocycles. The van der Waals surface area contributed by atoms with E-state index in [9.17, 15) is 14.3 Å². The molecule has 1 aliphatic rings. The van der Waals surface area contributed by atoms with Gasteiger partial charge in [0, 0.05) is 5.56 Å². The Hall–Kier alpha value is -1.42. The second-order valence-corrected chi connectivity index (χ2v) is 4.44. The van der Waals surface area contributed by atoms with Crippen molar-refractivity contribution in [2.45, 2.75) is 37.8 Å². The predicted molar refractivity (Wildman–Crippen MR) is 62.1 cm³/mol. The first kappa shape index (κ1) is 12.0. The number of carbonyl (C=O) groups is 1. The molecular formula is C13H16FNO2. The van der Waals surface area contributed by atoms with Crippen molar-refractivity contribution >= 4 is 5.91 Å². The van der Waals surface area contributed by atoms with Gasteiger partial charge in [0.2, 0.25) is 0 Å². The Morgan fingerprint density at radius 1 is 1.24 bits per heavy atom. The van der Waals surface area contributed by atoms with Crippen LogP contribution in [-0.4, -0.2) is 23.2 Å². The lowest BCUT2D eigenvalue weighted by Crippen LogP contribution is -2.45. The number of amides is 1. The van der Waals surface area contributed by atoms with Crippen molar-refractivity contribution in [2.75, 3.05) is 0 Å². The van der Waals surface area contributed by atoms with Crippen molar-refractivity contribution in [3.8, 4) is 0 Å². The van der Waals surface area contributed by atoms with E-state index in [4.69, 9.17) is 0 Å². The standard InChI is InChI=1S/C13H16FNO2/c14-10-7-5-9(6-8-10)13(17)15-11-3-1-2-4-12(11)16/h5-8,11-12,16H,1-4H2,(H,15,17)/t11-,12+/m0/s1. The molecule has 4 heteroatoms. The number of hydrogen-bond donors (Lipinski definition) is 2. The maximum Gasteiger partial charge on any atom is 0.251 e. The monoisotopic (exact) mass is 237 g/mol. The van der Waals surface area contributed by atoms with Crippen molar-refractivity contribution in [3.05, 3.63) is 35.6 Å². The van der Waals surface area contributed by atoms with Gasteiger partial charge in [-0.1, -0.05) is 12.8 Å². The number of hydrogen-bond acceptors (Lipinski definition) is 2. The van der Waals surface area contributed by atoms with Gasteiger partial charge in [0.25, 0.3) is 5.91 Å². The third-order valence-corrected chi connectivity index (χ3v) is 3.15. The van der Waals surface area contributed by atoms with Crippen molar-refractivity contribution in [2.24, 2.45) is 0 Å². The minimum Gasteiger partial charge on any atom is -0.391 e. The number of aliphatic hydroxyl groups is 1. The third kappa shape index (κ3) is 3.03. The number of nitrogens with one attached hydrogen (secondary N) is 1. The zero-order valence-electron chi connectivity index (χ0n) is 9.53. The van der Waals surface area contributed by atoms with E-state index in [0.717, 1.165) is 25.7 Å². The molecule has 0 radical (unpaired) electrons. The van der Waals surface area contributed by atoms with Crippen molar-refractivity contribution in [1.29, 1.82) is 0 Å². The van der Waals surface area contributed by atoms with Gasteiger partial charge in [0.15, 0.2) is 0 Å². The van der Waals surface area contributed by atoms with E-state index in [1.54, 1.807) is 0 Å². The highest BCUT2D eigenvalue weighted by Gasteiger charge is 2.24. The number of halogens is 1. The molecule has 2 atom stereocenters. The van der Waals surface area contributed by atoms with Gasteiger partial charge in [0.05, 0.1) is 12.1 Å². The van der Waals surface area contributed by atoms with Gasteiger partial charge in [-0.05, 0) is 37.1 Å². The summed E-state index contributed by atoms with van der Waals surface area (Å²) in [7, 11) is 0. The van der Waals surface area contributed by atoms with Crippen molar-refractivity contribution in [3.63, 3.8) is 0 Å². The van der Waals surface area contributed by atoms with E-state index in [-0.39, 0.29) is 17.8 Å². The van der Waals surface area contributed by atoms with Gasteiger partial charge < -0.3 is 10.4 Å². The quantitative estimate of drug-likeness (QED) is 0.824. The van der Waals surface area contributed by atoms with E-state index < -0.39 is 6.10 Å². The van der Waals surface area contributed by atoms with E-state index in [2.05, 4.69) is 5.32 Å². The van der Waals surface area contributed by atoms with Crippen molar-refractivity contribution in [1.82, 2.24) is 5.32 Å². The van der Waals surface area contributed by atoms with Crippen LogP contribution in [0.3, 0.4) is 0 Å². The van der Waals surface area contributed by atoms with Crippen LogP contribution in [0, 0.1) is 5.82 Å². The lowest BCUT2D eigenvalue weighted by atomic mass is 9.92. The van der Waals surface area contributed by atoms with Gasteiger partial charge in [-0.3, -0.25) is 4.79 Å². The third-order valence-electron chi connectivity index (χ3n) is 3.15. The molecule has 1 aromatic rings. The maximum atomic E-state index is 12.7. The molecule has 0 bridgehead atoms. The Labute approximate surface area is 99.7 Å². The molecule has 0 unspecified atom stereocenters. The lowest BCUT2D eigenvalue weighted by Gasteiger charge is -2.28. The fourth-order valence-electron chi connectivity index (χ4n) is 2.13. The molecule has 1 amide bonds. The second kappa shape index (κ2) is 5.27. The summed E-state index contributed by atoms with van der Waals surface area (Å²) in [5.41, 5.74) is 0.421. The summed E-state index contributed by atoms with van der Waals surface area (Å²) in [6.07, 6.45) is 3.09. The molecule has 0 spiro atoms. The molecule has 92 valence electrons. The number of benzene rings is 1. The minimum absolute atomic E-state index is 0.179. The van der Waals surface area contributed by atoms with Gasteiger partial charge in [-0.2, -0.15) is 0 Å². The topological polar surface area (TPSA) is 49.3 Å². The second-order valence-electron chi connectivity index (χ2n) is 4.44. The number of carbonyl (C=O) groups excluding carboxylic acids is 1. The molecule has 2 N–H and O–H groups in total. The smallest absolute Gasteiger partial charge is 0.251 e. The SMILES string of the molecule is O=C(N[C@H]1CCCC[C@H]1O)c1ccc(F)cc1. The van der Waals surface area contributed by atoms with E-state index >= 15 is 0 Å². The zero-order valence-corrected chi connectivity index (χ0v) is 9.53. The van der Waals surface area contributed by atoms with Crippen LogP contribution >= 0.6 is 0 Å². The Morgan fingerprint density at radius 3 is 2.53 bits per heavy atom. The molecule has 3 nitrogen and oxygen atoms in total. The summed E-state index contributed by atoms with van der Waals surface area (Å²) in [5.74, 6) is -0.616.